The molecule has 1 atom stereocenters. The number of carbonyl (C=O) groups is 2. The number of aryl methyl sites for hydroxylation is 3. The summed E-state index contributed by atoms with van der Waals surface area (Å²) in [6, 6.07) is 7.08. The van der Waals surface area contributed by atoms with Crippen LogP contribution in [-0.2, 0) is 4.79 Å². The lowest BCUT2D eigenvalue weighted by Gasteiger charge is -2.30. The third-order valence-electron chi connectivity index (χ3n) is 6.25. The predicted molar refractivity (Wildman–Crippen MR) is 121 cm³/mol. The molecule has 2 aromatic heterocycles. The number of anilines is 1. The van der Waals surface area contributed by atoms with E-state index >= 15 is 0 Å². The lowest BCUT2D eigenvalue weighted by molar-refractivity contribution is -0.119. The lowest BCUT2D eigenvalue weighted by Crippen LogP contribution is -2.49. The highest BCUT2D eigenvalue weighted by molar-refractivity contribution is 6.01. The van der Waals surface area contributed by atoms with Crippen LogP contribution in [0.1, 0.15) is 59.5 Å². The SMILES string of the molecule is Cc1nocc1C(=O)N[C@H](C(=O)Nc1ccc(-c2c(C)n[nH]c2C)cc1)C1CCCCC1. The Kier molecular flexibility index (Phi) is 6.39. The first kappa shape index (κ1) is 21.8. The molecule has 0 saturated heterocycles. The minimum absolute atomic E-state index is 0.100. The highest BCUT2D eigenvalue weighted by Crippen LogP contribution is 2.29. The molecule has 8 heteroatoms. The van der Waals surface area contributed by atoms with Crippen LogP contribution in [0.3, 0.4) is 0 Å². The van der Waals surface area contributed by atoms with Crippen LogP contribution in [0.2, 0.25) is 0 Å². The highest BCUT2D eigenvalue weighted by Gasteiger charge is 2.32. The number of H-pyrrole nitrogens is 1. The van der Waals surface area contributed by atoms with Crippen molar-refractivity contribution in [1.82, 2.24) is 20.7 Å². The number of nitrogens with one attached hydrogen (secondary N) is 3. The van der Waals surface area contributed by atoms with Crippen molar-refractivity contribution in [1.29, 1.82) is 0 Å². The molecular weight excluding hydrogens is 406 g/mol. The summed E-state index contributed by atoms with van der Waals surface area (Å²) in [6.07, 6.45) is 6.44. The van der Waals surface area contributed by atoms with E-state index in [4.69, 9.17) is 4.52 Å². The molecule has 168 valence electrons. The summed E-state index contributed by atoms with van der Waals surface area (Å²) < 4.78 is 4.89. The molecule has 1 saturated carbocycles. The Morgan fingerprint density at radius 3 is 2.38 bits per heavy atom. The van der Waals surface area contributed by atoms with Crippen LogP contribution in [-0.4, -0.2) is 33.2 Å². The van der Waals surface area contributed by atoms with Crippen molar-refractivity contribution in [3.8, 4) is 11.1 Å². The van der Waals surface area contributed by atoms with Gasteiger partial charge in [-0.15, -0.1) is 0 Å². The molecule has 4 rings (SSSR count). The molecule has 2 amide bonds. The van der Waals surface area contributed by atoms with Gasteiger partial charge in [-0.3, -0.25) is 14.7 Å². The summed E-state index contributed by atoms with van der Waals surface area (Å²) in [7, 11) is 0. The average molecular weight is 436 g/mol. The zero-order chi connectivity index (χ0) is 22.7. The third kappa shape index (κ3) is 4.59. The minimum Gasteiger partial charge on any atom is -0.364 e. The van der Waals surface area contributed by atoms with Gasteiger partial charge in [-0.25, -0.2) is 0 Å². The van der Waals surface area contributed by atoms with Crippen LogP contribution in [0.4, 0.5) is 5.69 Å². The van der Waals surface area contributed by atoms with Gasteiger partial charge in [-0.05, 0) is 57.2 Å². The number of carbonyl (C=O) groups excluding carboxylic acids is 2. The largest absolute Gasteiger partial charge is 0.364 e. The number of rotatable bonds is 6. The van der Waals surface area contributed by atoms with E-state index in [9.17, 15) is 9.59 Å². The van der Waals surface area contributed by atoms with Gasteiger partial charge >= 0.3 is 0 Å². The Balaban J connectivity index is 1.50. The quantitative estimate of drug-likeness (QED) is 0.534. The van der Waals surface area contributed by atoms with Gasteiger partial charge in [0.05, 0.1) is 11.4 Å². The van der Waals surface area contributed by atoms with E-state index in [0.717, 1.165) is 54.6 Å². The Bertz CT molecular complexity index is 1070. The van der Waals surface area contributed by atoms with Crippen LogP contribution < -0.4 is 10.6 Å². The second-order valence-electron chi connectivity index (χ2n) is 8.54. The van der Waals surface area contributed by atoms with Crippen molar-refractivity contribution >= 4 is 17.5 Å². The Morgan fingerprint density at radius 2 is 1.78 bits per heavy atom. The molecule has 8 nitrogen and oxygen atoms in total. The van der Waals surface area contributed by atoms with Crippen molar-refractivity contribution < 1.29 is 14.1 Å². The third-order valence-corrected chi connectivity index (χ3v) is 6.25. The van der Waals surface area contributed by atoms with Gasteiger partial charge in [0.2, 0.25) is 5.91 Å². The zero-order valence-corrected chi connectivity index (χ0v) is 18.7. The van der Waals surface area contributed by atoms with E-state index in [2.05, 4.69) is 26.0 Å². The Labute approximate surface area is 187 Å². The van der Waals surface area contributed by atoms with E-state index < -0.39 is 6.04 Å². The first-order valence-corrected chi connectivity index (χ1v) is 11.1. The van der Waals surface area contributed by atoms with Gasteiger partial charge in [0.25, 0.3) is 5.91 Å². The van der Waals surface area contributed by atoms with Crippen molar-refractivity contribution in [2.45, 2.75) is 58.9 Å². The van der Waals surface area contributed by atoms with Gasteiger partial charge < -0.3 is 15.2 Å². The maximum absolute atomic E-state index is 13.2. The summed E-state index contributed by atoms with van der Waals surface area (Å²) in [5.41, 5.74) is 5.59. The van der Waals surface area contributed by atoms with E-state index in [0.29, 0.717) is 16.9 Å². The number of nitrogens with zero attached hydrogens (tertiary/aromatic N) is 2. The first-order chi connectivity index (χ1) is 15.4. The number of hydrogen-bond donors (Lipinski definition) is 3. The molecule has 3 aromatic rings. The summed E-state index contributed by atoms with van der Waals surface area (Å²) >= 11 is 0. The minimum atomic E-state index is -0.616. The topological polar surface area (TPSA) is 113 Å². The maximum Gasteiger partial charge on any atom is 0.257 e. The fourth-order valence-corrected chi connectivity index (χ4v) is 4.51. The van der Waals surface area contributed by atoms with Gasteiger partial charge in [-0.2, -0.15) is 5.10 Å². The van der Waals surface area contributed by atoms with Crippen molar-refractivity contribution in [3.63, 3.8) is 0 Å². The normalized spacial score (nSPS) is 15.3. The predicted octanol–water partition coefficient (Wildman–Crippen LogP) is 4.31. The van der Waals surface area contributed by atoms with Crippen LogP contribution in [0, 0.1) is 26.7 Å². The molecule has 1 aliphatic rings. The Morgan fingerprint density at radius 1 is 1.06 bits per heavy atom. The molecule has 0 radical (unpaired) electrons. The molecule has 0 spiro atoms. The van der Waals surface area contributed by atoms with Gasteiger partial charge in [0, 0.05) is 16.9 Å². The molecule has 3 N–H and O–H groups in total. The molecule has 1 aliphatic carbocycles. The number of aromatic amines is 1. The highest BCUT2D eigenvalue weighted by atomic mass is 16.5. The Hall–Kier alpha value is -3.42. The van der Waals surface area contributed by atoms with E-state index in [1.54, 1.807) is 6.92 Å². The number of benzene rings is 1. The van der Waals surface area contributed by atoms with Gasteiger partial charge in [-0.1, -0.05) is 36.6 Å². The molecule has 1 aromatic carbocycles. The molecular formula is C24H29N5O3. The van der Waals surface area contributed by atoms with Gasteiger partial charge in [0.1, 0.15) is 17.9 Å². The molecule has 0 aliphatic heterocycles. The maximum atomic E-state index is 13.2. The molecule has 0 unspecified atom stereocenters. The summed E-state index contributed by atoms with van der Waals surface area (Å²) in [6.45, 7) is 5.65. The second-order valence-corrected chi connectivity index (χ2v) is 8.54. The van der Waals surface area contributed by atoms with Crippen molar-refractivity contribution in [3.05, 3.63) is 53.2 Å². The fourth-order valence-electron chi connectivity index (χ4n) is 4.51. The van der Waals surface area contributed by atoms with Crippen LogP contribution >= 0.6 is 0 Å². The second kappa shape index (κ2) is 9.38. The smallest absolute Gasteiger partial charge is 0.257 e. The molecule has 0 bridgehead atoms. The standard InChI is InChI=1S/C24H29N5O3/c1-14-20(13-32-29-14)23(30)26-22(18-7-5-4-6-8-18)24(31)25-19-11-9-17(10-12-19)21-15(2)27-28-16(21)3/h9-13,18,22H,4-8H2,1-3H3,(H,25,31)(H,26,30)(H,27,28)/t22-/m0/s1. The molecule has 32 heavy (non-hydrogen) atoms. The number of aromatic nitrogens is 3. The fraction of sp³-hybridized carbons (Fsp3) is 0.417. The summed E-state index contributed by atoms with van der Waals surface area (Å²) in [4.78, 5) is 26.0. The van der Waals surface area contributed by atoms with E-state index in [1.807, 2.05) is 38.1 Å². The summed E-state index contributed by atoms with van der Waals surface area (Å²) in [5.74, 6) is -0.443. The monoisotopic (exact) mass is 435 g/mol. The van der Waals surface area contributed by atoms with E-state index in [-0.39, 0.29) is 17.7 Å². The average Bonchev–Trinajstić information content (AvgIpc) is 3.37. The molecule has 1 fully saturated rings. The number of hydrogen-bond acceptors (Lipinski definition) is 5. The van der Waals surface area contributed by atoms with Crippen LogP contribution in [0.25, 0.3) is 11.1 Å². The van der Waals surface area contributed by atoms with Crippen molar-refractivity contribution in [2.75, 3.05) is 5.32 Å². The summed E-state index contributed by atoms with van der Waals surface area (Å²) in [5, 5.41) is 16.9. The van der Waals surface area contributed by atoms with Gasteiger partial charge in [0.15, 0.2) is 0 Å². The van der Waals surface area contributed by atoms with E-state index in [1.165, 1.54) is 6.26 Å². The number of amides is 2. The van der Waals surface area contributed by atoms with Crippen LogP contribution in [0.15, 0.2) is 35.1 Å². The zero-order valence-electron chi connectivity index (χ0n) is 18.7. The lowest BCUT2D eigenvalue weighted by atomic mass is 9.83. The first-order valence-electron chi connectivity index (χ1n) is 11.1. The molecule has 2 heterocycles. The van der Waals surface area contributed by atoms with Crippen molar-refractivity contribution in [2.24, 2.45) is 5.92 Å². The van der Waals surface area contributed by atoms with Crippen LogP contribution in [0.5, 0.6) is 0 Å².